The fraction of sp³-hybridized carbons (Fsp3) is 0.889. The molecular weight excluding hydrogens is 170 g/mol. The van der Waals surface area contributed by atoms with Crippen LogP contribution in [0.5, 0.6) is 0 Å². The van der Waals surface area contributed by atoms with Crippen molar-refractivity contribution in [3.8, 4) is 0 Å². The maximum atomic E-state index is 10.2. The van der Waals surface area contributed by atoms with Crippen LogP contribution in [0.25, 0.3) is 0 Å². The van der Waals surface area contributed by atoms with Gasteiger partial charge in [-0.3, -0.25) is 4.79 Å². The summed E-state index contributed by atoms with van der Waals surface area (Å²) >= 11 is 0. The van der Waals surface area contributed by atoms with Crippen LogP contribution in [0.15, 0.2) is 0 Å². The molecule has 0 rings (SSSR count). The van der Waals surface area contributed by atoms with E-state index in [1.807, 2.05) is 0 Å². The molecule has 0 fully saturated rings. The van der Waals surface area contributed by atoms with Crippen molar-refractivity contribution in [3.63, 3.8) is 0 Å². The largest absolute Gasteiger partial charge is 0.481 e. The zero-order valence-electron chi connectivity index (χ0n) is 8.29. The molecule has 13 heavy (non-hydrogen) atoms. The van der Waals surface area contributed by atoms with Crippen LogP contribution < -0.4 is 5.32 Å². The number of aliphatic carboxylic acids is 1. The molecule has 0 aromatic heterocycles. The number of carbonyl (C=O) groups is 1. The highest BCUT2D eigenvalue weighted by atomic mass is 16.4. The average Bonchev–Trinajstić information content (AvgIpc) is 1.96. The fourth-order valence-corrected chi connectivity index (χ4v) is 0.933. The standard InChI is InChI=1S/C9H19NO3/c1-7(2)3-4-10-6-8(11)5-9(12)13/h7-8,10-11H,3-6H2,1-2H3,(H,12,13). The van der Waals surface area contributed by atoms with E-state index >= 15 is 0 Å². The molecule has 4 nitrogen and oxygen atoms in total. The van der Waals surface area contributed by atoms with Crippen LogP contribution in [0.4, 0.5) is 0 Å². The van der Waals surface area contributed by atoms with Gasteiger partial charge >= 0.3 is 5.97 Å². The van der Waals surface area contributed by atoms with Gasteiger partial charge in [0.05, 0.1) is 12.5 Å². The molecule has 0 spiro atoms. The number of aliphatic hydroxyl groups is 1. The molecule has 0 aliphatic heterocycles. The van der Waals surface area contributed by atoms with Gasteiger partial charge in [-0.25, -0.2) is 0 Å². The molecule has 1 atom stereocenters. The minimum atomic E-state index is -0.960. The van der Waals surface area contributed by atoms with E-state index in [0.29, 0.717) is 12.5 Å². The Balaban J connectivity index is 3.26. The molecule has 1 unspecified atom stereocenters. The Hall–Kier alpha value is -0.610. The van der Waals surface area contributed by atoms with E-state index < -0.39 is 12.1 Å². The number of nitrogens with one attached hydrogen (secondary N) is 1. The Kier molecular flexibility index (Phi) is 6.54. The van der Waals surface area contributed by atoms with E-state index in [1.54, 1.807) is 0 Å². The second-order valence-corrected chi connectivity index (χ2v) is 3.64. The van der Waals surface area contributed by atoms with Gasteiger partial charge in [0, 0.05) is 6.54 Å². The van der Waals surface area contributed by atoms with E-state index in [9.17, 15) is 4.79 Å². The third-order valence-electron chi connectivity index (χ3n) is 1.69. The molecule has 0 radical (unpaired) electrons. The first-order valence-corrected chi connectivity index (χ1v) is 4.63. The van der Waals surface area contributed by atoms with E-state index in [4.69, 9.17) is 10.2 Å². The van der Waals surface area contributed by atoms with Gasteiger partial charge in [-0.05, 0) is 18.9 Å². The van der Waals surface area contributed by atoms with Gasteiger partial charge in [0.15, 0.2) is 0 Å². The predicted molar refractivity (Wildman–Crippen MR) is 50.6 cm³/mol. The summed E-state index contributed by atoms with van der Waals surface area (Å²) in [5.41, 5.74) is 0. The van der Waals surface area contributed by atoms with Crippen molar-refractivity contribution >= 4 is 5.97 Å². The van der Waals surface area contributed by atoms with Crippen LogP contribution in [-0.4, -0.2) is 35.4 Å². The summed E-state index contributed by atoms with van der Waals surface area (Å²) in [6.45, 7) is 5.43. The monoisotopic (exact) mass is 189 g/mol. The Morgan fingerprint density at radius 3 is 2.54 bits per heavy atom. The van der Waals surface area contributed by atoms with E-state index in [0.717, 1.165) is 13.0 Å². The maximum Gasteiger partial charge on any atom is 0.306 e. The number of carboxylic acid groups (broad SMARTS) is 1. The highest BCUT2D eigenvalue weighted by Gasteiger charge is 2.08. The quantitative estimate of drug-likeness (QED) is 0.509. The van der Waals surface area contributed by atoms with Crippen LogP contribution in [0, 0.1) is 5.92 Å². The normalized spacial score (nSPS) is 13.2. The van der Waals surface area contributed by atoms with Gasteiger partial charge in [0.1, 0.15) is 0 Å². The maximum absolute atomic E-state index is 10.2. The van der Waals surface area contributed by atoms with Crippen molar-refractivity contribution in [3.05, 3.63) is 0 Å². The van der Waals surface area contributed by atoms with E-state index in [2.05, 4.69) is 19.2 Å². The molecule has 0 amide bonds. The van der Waals surface area contributed by atoms with Gasteiger partial charge in [-0.15, -0.1) is 0 Å². The first kappa shape index (κ1) is 12.4. The second kappa shape index (κ2) is 6.86. The molecule has 78 valence electrons. The third-order valence-corrected chi connectivity index (χ3v) is 1.69. The molecule has 0 saturated carbocycles. The Morgan fingerprint density at radius 2 is 2.08 bits per heavy atom. The summed E-state index contributed by atoms with van der Waals surface area (Å²) in [6, 6.07) is 0. The highest BCUT2D eigenvalue weighted by Crippen LogP contribution is 1.96. The zero-order valence-corrected chi connectivity index (χ0v) is 8.29. The Bertz CT molecular complexity index is 148. The van der Waals surface area contributed by atoms with Crippen molar-refractivity contribution < 1.29 is 15.0 Å². The van der Waals surface area contributed by atoms with Crippen LogP contribution in [0.2, 0.25) is 0 Å². The van der Waals surface area contributed by atoms with E-state index in [1.165, 1.54) is 0 Å². The molecule has 0 aromatic carbocycles. The Labute approximate surface area is 79.0 Å². The minimum absolute atomic E-state index is 0.186. The topological polar surface area (TPSA) is 69.6 Å². The lowest BCUT2D eigenvalue weighted by Gasteiger charge is -2.10. The average molecular weight is 189 g/mol. The molecule has 0 aliphatic rings. The van der Waals surface area contributed by atoms with Gasteiger partial charge in [0.25, 0.3) is 0 Å². The fourth-order valence-electron chi connectivity index (χ4n) is 0.933. The number of carboxylic acids is 1. The lowest BCUT2D eigenvalue weighted by molar-refractivity contribution is -0.139. The summed E-state index contributed by atoms with van der Waals surface area (Å²) < 4.78 is 0. The minimum Gasteiger partial charge on any atom is -0.481 e. The molecule has 0 aromatic rings. The molecule has 3 N–H and O–H groups in total. The summed E-state index contributed by atoms with van der Waals surface area (Å²) in [7, 11) is 0. The molecule has 0 bridgehead atoms. The lowest BCUT2D eigenvalue weighted by Crippen LogP contribution is -2.29. The van der Waals surface area contributed by atoms with Gasteiger partial charge in [-0.2, -0.15) is 0 Å². The van der Waals surface area contributed by atoms with Crippen LogP contribution in [0.1, 0.15) is 26.7 Å². The van der Waals surface area contributed by atoms with E-state index in [-0.39, 0.29) is 6.42 Å². The van der Waals surface area contributed by atoms with Crippen molar-refractivity contribution in [2.75, 3.05) is 13.1 Å². The first-order chi connectivity index (χ1) is 6.02. The number of hydrogen-bond acceptors (Lipinski definition) is 3. The first-order valence-electron chi connectivity index (χ1n) is 4.63. The highest BCUT2D eigenvalue weighted by molar-refractivity contribution is 5.67. The van der Waals surface area contributed by atoms with Crippen LogP contribution in [-0.2, 0) is 4.79 Å². The van der Waals surface area contributed by atoms with Crippen molar-refractivity contribution in [1.82, 2.24) is 5.32 Å². The van der Waals surface area contributed by atoms with Gasteiger partial charge in [0.2, 0.25) is 0 Å². The predicted octanol–water partition coefficient (Wildman–Crippen LogP) is 0.458. The van der Waals surface area contributed by atoms with Crippen molar-refractivity contribution in [1.29, 1.82) is 0 Å². The summed E-state index contributed by atoms with van der Waals surface area (Å²) in [5.74, 6) is -0.331. The summed E-state index contributed by atoms with van der Waals surface area (Å²) in [4.78, 5) is 10.2. The molecule has 4 heteroatoms. The number of hydrogen-bond donors (Lipinski definition) is 3. The lowest BCUT2D eigenvalue weighted by atomic mass is 10.1. The zero-order chi connectivity index (χ0) is 10.3. The number of rotatable bonds is 7. The van der Waals surface area contributed by atoms with Crippen LogP contribution in [0.3, 0.4) is 0 Å². The van der Waals surface area contributed by atoms with Crippen LogP contribution >= 0.6 is 0 Å². The molecule has 0 aliphatic carbocycles. The van der Waals surface area contributed by atoms with Crippen molar-refractivity contribution in [2.24, 2.45) is 5.92 Å². The van der Waals surface area contributed by atoms with Gasteiger partial charge in [-0.1, -0.05) is 13.8 Å². The Morgan fingerprint density at radius 1 is 1.46 bits per heavy atom. The molecule has 0 heterocycles. The summed E-state index contributed by atoms with van der Waals surface area (Å²) in [5, 5.41) is 20.5. The van der Waals surface area contributed by atoms with Gasteiger partial charge < -0.3 is 15.5 Å². The summed E-state index contributed by atoms with van der Waals surface area (Å²) in [6.07, 6.45) is 0.0822. The molecule has 0 saturated heterocycles. The number of aliphatic hydroxyl groups excluding tert-OH is 1. The molecular formula is C9H19NO3. The third kappa shape index (κ3) is 9.30. The SMILES string of the molecule is CC(C)CCNCC(O)CC(=O)O. The van der Waals surface area contributed by atoms with Crippen molar-refractivity contribution in [2.45, 2.75) is 32.8 Å². The second-order valence-electron chi connectivity index (χ2n) is 3.64. The smallest absolute Gasteiger partial charge is 0.306 e.